The number of hydrogen-bond acceptors (Lipinski definition) is 6. The first-order valence-electron chi connectivity index (χ1n) is 1.22. The van der Waals surface area contributed by atoms with Crippen LogP contribution in [-0.4, -0.2) is 41.4 Å². The monoisotopic (exact) mass is 222 g/mol. The molecular weight excluding hydrogens is 222 g/mol. The third-order valence-corrected chi connectivity index (χ3v) is 0. The Morgan fingerprint density at radius 3 is 0.727 bits per heavy atom. The van der Waals surface area contributed by atoms with Gasteiger partial charge in [-0.05, 0) is 0 Å². The fraction of sp³-hybridized carbons (Fsp3) is 0. The molecule has 0 aromatic rings. The van der Waals surface area contributed by atoms with Crippen molar-refractivity contribution in [2.24, 2.45) is 0 Å². The van der Waals surface area contributed by atoms with Crippen molar-refractivity contribution < 1.29 is 87.2 Å². The summed E-state index contributed by atoms with van der Waals surface area (Å²) in [4.78, 5) is 34.1. The standard InChI is InChI=1S/Mg.2Na.2O3Si/c;;;2*1-4(2)3/q+2;2*+1;2*-2. The van der Waals surface area contributed by atoms with E-state index in [2.05, 4.69) is 0 Å². The summed E-state index contributed by atoms with van der Waals surface area (Å²) in [6.45, 7) is 0. The van der Waals surface area contributed by atoms with Gasteiger partial charge < -0.3 is 28.1 Å². The molecule has 0 bridgehead atoms. The maximum absolute atomic E-state index is 8.52. The maximum Gasteiger partial charge on any atom is 2.00 e. The van der Waals surface area contributed by atoms with Crippen molar-refractivity contribution >= 4 is 41.4 Å². The largest absolute Gasteiger partial charge is 2.00 e. The van der Waals surface area contributed by atoms with Gasteiger partial charge >= 0.3 is 82.2 Å². The molecule has 6 nitrogen and oxygen atoms in total. The van der Waals surface area contributed by atoms with Crippen LogP contribution in [0.3, 0.4) is 0 Å². The van der Waals surface area contributed by atoms with Crippen molar-refractivity contribution in [2.75, 3.05) is 0 Å². The van der Waals surface area contributed by atoms with Crippen molar-refractivity contribution in [2.45, 2.75) is 0 Å². The molecule has 0 heterocycles. The number of hydrogen-bond donors (Lipinski definition) is 0. The molecule has 0 fully saturated rings. The first kappa shape index (κ1) is 29.2. The van der Waals surface area contributed by atoms with Gasteiger partial charge in [-0.15, -0.1) is 0 Å². The fourth-order valence-corrected chi connectivity index (χ4v) is 0. The van der Waals surface area contributed by atoms with E-state index in [1.54, 1.807) is 0 Å². The molecule has 0 aliphatic carbocycles. The van der Waals surface area contributed by atoms with Gasteiger partial charge in [0.05, 0.1) is 0 Å². The minimum absolute atomic E-state index is 0. The van der Waals surface area contributed by atoms with Crippen LogP contribution >= 0.6 is 0 Å². The van der Waals surface area contributed by atoms with Crippen molar-refractivity contribution in [3.63, 3.8) is 0 Å². The van der Waals surface area contributed by atoms with Crippen molar-refractivity contribution in [3.8, 4) is 0 Å². The van der Waals surface area contributed by atoms with Crippen LogP contribution in [0.5, 0.6) is 0 Å². The minimum atomic E-state index is -3.63. The molecule has 0 amide bonds. The molecule has 0 saturated carbocycles. The molecule has 0 unspecified atom stereocenters. The summed E-state index contributed by atoms with van der Waals surface area (Å²) in [5.41, 5.74) is 0. The Kier molecular flexibility index (Phi) is 60.3. The SMILES string of the molecule is O=[Si]([O-])[O-].O=[Si]([O-])[O-].[Mg+2].[Na+].[Na+]. The third-order valence-electron chi connectivity index (χ3n) is 0. The van der Waals surface area contributed by atoms with Gasteiger partial charge in [-0.2, -0.15) is 0 Å². The normalized spacial score (nSPS) is 4.36. The molecule has 0 N–H and O–H groups in total. The van der Waals surface area contributed by atoms with Gasteiger partial charge in [0.15, 0.2) is 0 Å². The van der Waals surface area contributed by atoms with Crippen LogP contribution in [0.2, 0.25) is 0 Å². The molecule has 0 aliphatic rings. The van der Waals surface area contributed by atoms with Gasteiger partial charge in [-0.25, -0.2) is 0 Å². The van der Waals surface area contributed by atoms with Crippen molar-refractivity contribution in [1.29, 1.82) is 0 Å². The second-order valence-electron chi connectivity index (χ2n) is 0.500. The molecule has 0 aromatic carbocycles. The average Bonchev–Trinajstić information content (AvgIpc) is 1.25. The van der Waals surface area contributed by atoms with Gasteiger partial charge in [-0.1, -0.05) is 0 Å². The molecular formula is MgNa2O6Si2. The van der Waals surface area contributed by atoms with Crippen LogP contribution in [0.1, 0.15) is 0 Å². The Balaban J connectivity index is -0.0000000171. The van der Waals surface area contributed by atoms with E-state index >= 15 is 0 Å². The van der Waals surface area contributed by atoms with E-state index in [-0.39, 0.29) is 82.2 Å². The molecule has 0 aromatic heterocycles. The van der Waals surface area contributed by atoms with Crippen LogP contribution in [0.25, 0.3) is 0 Å². The van der Waals surface area contributed by atoms with Gasteiger partial charge in [0.1, 0.15) is 0 Å². The van der Waals surface area contributed by atoms with Gasteiger partial charge in [0, 0.05) is 18.3 Å². The predicted molar refractivity (Wildman–Crippen MR) is 18.6 cm³/mol. The maximum atomic E-state index is 8.52. The van der Waals surface area contributed by atoms with Gasteiger partial charge in [0.25, 0.3) is 0 Å². The first-order chi connectivity index (χ1) is 3.46. The Labute approximate surface area is 127 Å². The molecule has 48 valence electrons. The van der Waals surface area contributed by atoms with Gasteiger partial charge in [-0.3, -0.25) is 0 Å². The van der Waals surface area contributed by atoms with E-state index in [0.717, 1.165) is 0 Å². The van der Waals surface area contributed by atoms with E-state index in [1.165, 1.54) is 0 Å². The third kappa shape index (κ3) is 300. The molecule has 0 aliphatic heterocycles. The number of rotatable bonds is 0. The Morgan fingerprint density at radius 1 is 0.727 bits per heavy atom. The van der Waals surface area contributed by atoms with E-state index in [1.807, 2.05) is 0 Å². The molecule has 0 radical (unpaired) electrons. The topological polar surface area (TPSA) is 126 Å². The first-order valence-corrected chi connectivity index (χ1v) is 3.67. The van der Waals surface area contributed by atoms with Crippen LogP contribution in [0.4, 0.5) is 0 Å². The zero-order chi connectivity index (χ0) is 7.15. The Morgan fingerprint density at radius 2 is 0.727 bits per heavy atom. The Bertz CT molecular complexity index is 76.6. The minimum Gasteiger partial charge on any atom is -0.672 e. The molecule has 11 heteroatoms. The van der Waals surface area contributed by atoms with E-state index < -0.39 is 18.3 Å². The molecule has 0 rings (SSSR count). The zero-order valence-corrected chi connectivity index (χ0v) is 13.6. The summed E-state index contributed by atoms with van der Waals surface area (Å²) in [5, 5.41) is 0. The van der Waals surface area contributed by atoms with Crippen LogP contribution in [0.15, 0.2) is 0 Å². The molecule has 0 spiro atoms. The zero-order valence-electron chi connectivity index (χ0n) is 6.16. The van der Waals surface area contributed by atoms with Crippen LogP contribution < -0.4 is 78.3 Å². The second kappa shape index (κ2) is 22.7. The smallest absolute Gasteiger partial charge is 0.672 e. The van der Waals surface area contributed by atoms with Crippen LogP contribution in [0, 0.1) is 0 Å². The fourth-order valence-electron chi connectivity index (χ4n) is 0. The summed E-state index contributed by atoms with van der Waals surface area (Å²) < 4.78 is 17.0. The molecule has 0 saturated heterocycles. The van der Waals surface area contributed by atoms with Crippen molar-refractivity contribution in [3.05, 3.63) is 0 Å². The molecule has 0 atom stereocenters. The summed E-state index contributed by atoms with van der Waals surface area (Å²) in [6, 6.07) is 0. The van der Waals surface area contributed by atoms with Crippen molar-refractivity contribution in [1.82, 2.24) is 0 Å². The summed E-state index contributed by atoms with van der Waals surface area (Å²) in [6.07, 6.45) is 0. The Hall–Kier alpha value is 2.00. The molecule has 11 heavy (non-hydrogen) atoms. The quantitative estimate of drug-likeness (QED) is 0.375. The van der Waals surface area contributed by atoms with Crippen LogP contribution in [-0.2, 0) is 8.92 Å². The predicted octanol–water partition coefficient (Wildman–Crippen LogP) is -12.1. The summed E-state index contributed by atoms with van der Waals surface area (Å²) in [7, 11) is -7.26. The average molecular weight is 222 g/mol. The van der Waals surface area contributed by atoms with E-state index in [4.69, 9.17) is 28.1 Å². The summed E-state index contributed by atoms with van der Waals surface area (Å²) in [5.74, 6) is 0. The van der Waals surface area contributed by atoms with E-state index in [0.29, 0.717) is 0 Å². The second-order valence-corrected chi connectivity index (χ2v) is 1.50. The van der Waals surface area contributed by atoms with Gasteiger partial charge in [0.2, 0.25) is 0 Å². The van der Waals surface area contributed by atoms with E-state index in [9.17, 15) is 0 Å². The summed E-state index contributed by atoms with van der Waals surface area (Å²) >= 11 is 0.